The molecule has 0 radical (unpaired) electrons. The third kappa shape index (κ3) is 3.42. The van der Waals surface area contributed by atoms with Gasteiger partial charge in [0.25, 0.3) is 0 Å². The number of piperazine rings is 1. The van der Waals surface area contributed by atoms with E-state index in [4.69, 9.17) is 4.74 Å². The van der Waals surface area contributed by atoms with E-state index >= 15 is 0 Å². The van der Waals surface area contributed by atoms with Crippen molar-refractivity contribution >= 4 is 0 Å². The number of phenols is 1. The number of nitrogens with one attached hydrogen (secondary N) is 1. The van der Waals surface area contributed by atoms with E-state index in [9.17, 15) is 10.2 Å². The Balaban J connectivity index is 2.14. The molecule has 1 aliphatic heterocycles. The molecule has 2 rings (SSSR count). The summed E-state index contributed by atoms with van der Waals surface area (Å²) in [5, 5.41) is 23.8. The summed E-state index contributed by atoms with van der Waals surface area (Å²) in [6, 6.07) is 4.97. The van der Waals surface area contributed by atoms with Crippen LogP contribution in [0, 0.1) is 0 Å². The van der Waals surface area contributed by atoms with Crippen LogP contribution in [-0.2, 0) is 0 Å². The van der Waals surface area contributed by atoms with Crippen LogP contribution < -0.4 is 10.1 Å². The summed E-state index contributed by atoms with van der Waals surface area (Å²) in [5.74, 6) is 0.787. The smallest absolute Gasteiger partial charge is 0.121 e. The number of aliphatic hydroxyl groups excluding tert-OH is 1. The second-order valence-electron chi connectivity index (χ2n) is 5.13. The van der Waals surface area contributed by atoms with Crippen LogP contribution in [0.3, 0.4) is 0 Å². The van der Waals surface area contributed by atoms with Gasteiger partial charge in [-0.3, -0.25) is 4.90 Å². The summed E-state index contributed by atoms with van der Waals surface area (Å²) in [6.07, 6.45) is -0.728. The van der Waals surface area contributed by atoms with Crippen molar-refractivity contribution in [3.63, 3.8) is 0 Å². The normalized spacial score (nSPS) is 19.6. The van der Waals surface area contributed by atoms with Gasteiger partial charge >= 0.3 is 0 Å². The highest BCUT2D eigenvalue weighted by Gasteiger charge is 2.26. The summed E-state index contributed by atoms with van der Waals surface area (Å²) in [6.45, 7) is 8.14. The molecule has 1 aliphatic rings. The van der Waals surface area contributed by atoms with E-state index in [0.29, 0.717) is 17.9 Å². The average Bonchev–Trinajstić information content (AvgIpc) is 2.49. The molecule has 0 spiro atoms. The Morgan fingerprint density at radius 1 is 1.35 bits per heavy atom. The molecule has 5 heteroatoms. The number of benzene rings is 1. The summed E-state index contributed by atoms with van der Waals surface area (Å²) in [4.78, 5) is 2.23. The predicted octanol–water partition coefficient (Wildman–Crippen LogP) is 1.12. The van der Waals surface area contributed by atoms with Gasteiger partial charge in [0.05, 0.1) is 12.7 Å². The first-order valence-corrected chi connectivity index (χ1v) is 7.22. The van der Waals surface area contributed by atoms with Crippen molar-refractivity contribution in [1.29, 1.82) is 0 Å². The second-order valence-corrected chi connectivity index (χ2v) is 5.13. The van der Waals surface area contributed by atoms with Gasteiger partial charge in [-0.15, -0.1) is 0 Å². The first-order chi connectivity index (χ1) is 9.63. The van der Waals surface area contributed by atoms with Gasteiger partial charge in [0, 0.05) is 37.8 Å². The van der Waals surface area contributed by atoms with Gasteiger partial charge in [-0.2, -0.15) is 0 Å². The van der Waals surface area contributed by atoms with Crippen LogP contribution in [0.5, 0.6) is 11.5 Å². The lowest BCUT2D eigenvalue weighted by Gasteiger charge is -2.35. The second kappa shape index (κ2) is 6.92. The Kier molecular flexibility index (Phi) is 5.23. The van der Waals surface area contributed by atoms with E-state index in [-0.39, 0.29) is 11.8 Å². The Labute approximate surface area is 120 Å². The minimum atomic E-state index is -0.728. The van der Waals surface area contributed by atoms with E-state index in [1.165, 1.54) is 0 Å². The number of hydrogen-bond donors (Lipinski definition) is 3. The molecule has 0 aliphatic carbocycles. The fraction of sp³-hybridized carbons (Fsp3) is 0.600. The van der Waals surface area contributed by atoms with Crippen LogP contribution >= 0.6 is 0 Å². The summed E-state index contributed by atoms with van der Waals surface area (Å²) in [5.41, 5.74) is 0.530. The fourth-order valence-electron chi connectivity index (χ4n) is 2.57. The van der Waals surface area contributed by atoms with E-state index in [0.717, 1.165) is 26.2 Å². The molecule has 2 atom stereocenters. The van der Waals surface area contributed by atoms with Crippen molar-refractivity contribution in [2.24, 2.45) is 0 Å². The molecule has 1 heterocycles. The van der Waals surface area contributed by atoms with Gasteiger partial charge in [-0.05, 0) is 32.0 Å². The molecule has 3 N–H and O–H groups in total. The predicted molar refractivity (Wildman–Crippen MR) is 78.1 cm³/mol. The highest BCUT2D eigenvalue weighted by atomic mass is 16.5. The van der Waals surface area contributed by atoms with Gasteiger partial charge in [0.2, 0.25) is 0 Å². The van der Waals surface area contributed by atoms with Gasteiger partial charge in [0.15, 0.2) is 0 Å². The summed E-state index contributed by atoms with van der Waals surface area (Å²) in [7, 11) is 0. The van der Waals surface area contributed by atoms with Crippen LogP contribution in [0.4, 0.5) is 0 Å². The molecule has 2 unspecified atom stereocenters. The minimum absolute atomic E-state index is 0.0418. The first kappa shape index (κ1) is 15.1. The van der Waals surface area contributed by atoms with Gasteiger partial charge in [-0.1, -0.05) is 0 Å². The maximum atomic E-state index is 10.5. The third-order valence-electron chi connectivity index (χ3n) is 3.81. The lowest BCUT2D eigenvalue weighted by Crippen LogP contribution is -2.49. The number of aliphatic hydroxyl groups is 1. The fourth-order valence-corrected chi connectivity index (χ4v) is 2.57. The highest BCUT2D eigenvalue weighted by molar-refractivity contribution is 5.41. The molecular formula is C15H24N2O3. The van der Waals surface area contributed by atoms with E-state index in [1.54, 1.807) is 18.2 Å². The molecule has 1 aromatic rings. The van der Waals surface area contributed by atoms with Crippen LogP contribution in [0.25, 0.3) is 0 Å². The third-order valence-corrected chi connectivity index (χ3v) is 3.81. The molecule has 0 saturated carbocycles. The topological polar surface area (TPSA) is 65.0 Å². The Morgan fingerprint density at radius 3 is 2.70 bits per heavy atom. The zero-order valence-electron chi connectivity index (χ0n) is 12.2. The maximum absolute atomic E-state index is 10.5. The molecule has 1 fully saturated rings. The Hall–Kier alpha value is -1.30. The zero-order valence-corrected chi connectivity index (χ0v) is 12.2. The molecule has 112 valence electrons. The van der Waals surface area contributed by atoms with Crippen LogP contribution in [0.15, 0.2) is 18.2 Å². The van der Waals surface area contributed by atoms with Crippen molar-refractivity contribution in [2.75, 3.05) is 32.8 Å². The number of nitrogens with zero attached hydrogens (tertiary/aromatic N) is 1. The Morgan fingerprint density at radius 2 is 2.05 bits per heavy atom. The van der Waals surface area contributed by atoms with E-state index in [2.05, 4.69) is 10.2 Å². The number of phenolic OH excluding ortho intramolecular Hbond substituents is 1. The average molecular weight is 280 g/mol. The lowest BCUT2D eigenvalue weighted by atomic mass is 10.0. The van der Waals surface area contributed by atoms with E-state index < -0.39 is 6.10 Å². The van der Waals surface area contributed by atoms with Gasteiger partial charge in [-0.25, -0.2) is 0 Å². The monoisotopic (exact) mass is 280 g/mol. The van der Waals surface area contributed by atoms with E-state index in [1.807, 2.05) is 13.8 Å². The largest absolute Gasteiger partial charge is 0.508 e. The first-order valence-electron chi connectivity index (χ1n) is 7.22. The number of ether oxygens (including phenoxy) is 1. The molecule has 0 amide bonds. The van der Waals surface area contributed by atoms with Crippen LogP contribution in [0.2, 0.25) is 0 Å². The van der Waals surface area contributed by atoms with Crippen molar-refractivity contribution in [1.82, 2.24) is 10.2 Å². The minimum Gasteiger partial charge on any atom is -0.508 e. The molecule has 0 bridgehead atoms. The van der Waals surface area contributed by atoms with Crippen molar-refractivity contribution in [2.45, 2.75) is 26.0 Å². The highest BCUT2D eigenvalue weighted by Crippen LogP contribution is 2.31. The SMILES string of the molecule is CCOc1ccc(O)c(C(O)C(C)N2CCNCC2)c1. The number of hydrogen-bond acceptors (Lipinski definition) is 5. The number of aromatic hydroxyl groups is 1. The van der Waals surface area contributed by atoms with Crippen molar-refractivity contribution < 1.29 is 14.9 Å². The van der Waals surface area contributed by atoms with Crippen LogP contribution in [-0.4, -0.2) is 53.9 Å². The molecule has 0 aromatic heterocycles. The molecule has 20 heavy (non-hydrogen) atoms. The van der Waals surface area contributed by atoms with Crippen molar-refractivity contribution in [3.05, 3.63) is 23.8 Å². The van der Waals surface area contributed by atoms with Crippen molar-refractivity contribution in [3.8, 4) is 11.5 Å². The summed E-state index contributed by atoms with van der Waals surface area (Å²) >= 11 is 0. The lowest BCUT2D eigenvalue weighted by molar-refractivity contribution is 0.0494. The molecule has 5 nitrogen and oxygen atoms in total. The maximum Gasteiger partial charge on any atom is 0.121 e. The standard InChI is InChI=1S/C15H24N2O3/c1-3-20-12-4-5-14(18)13(10-12)15(19)11(2)17-8-6-16-7-9-17/h4-5,10-11,15-16,18-19H,3,6-9H2,1-2H3. The zero-order chi connectivity index (χ0) is 14.5. The molecule has 1 aromatic carbocycles. The van der Waals surface area contributed by atoms with Gasteiger partial charge < -0.3 is 20.3 Å². The molecule has 1 saturated heterocycles. The van der Waals surface area contributed by atoms with Gasteiger partial charge in [0.1, 0.15) is 11.5 Å². The number of rotatable bonds is 5. The quantitative estimate of drug-likeness (QED) is 0.754. The van der Waals surface area contributed by atoms with Crippen LogP contribution in [0.1, 0.15) is 25.5 Å². The Bertz CT molecular complexity index is 433. The molecular weight excluding hydrogens is 256 g/mol. The summed E-state index contributed by atoms with van der Waals surface area (Å²) < 4.78 is 5.43.